The maximum atomic E-state index is 12.2. The largest absolute Gasteiger partial charge is 0.378 e. The Morgan fingerprint density at radius 1 is 1.39 bits per heavy atom. The van der Waals surface area contributed by atoms with Crippen LogP contribution < -0.4 is 10.2 Å². The molecule has 2 aliphatic heterocycles. The minimum atomic E-state index is -0.157. The predicted molar refractivity (Wildman–Crippen MR) is 88.6 cm³/mol. The molecule has 1 aromatic carbocycles. The van der Waals surface area contributed by atoms with Gasteiger partial charge in [-0.1, -0.05) is 23.7 Å². The number of benzene rings is 1. The molecule has 0 saturated carbocycles. The minimum absolute atomic E-state index is 0.0115. The average Bonchev–Trinajstić information content (AvgIpc) is 3.16. The van der Waals surface area contributed by atoms with Gasteiger partial charge in [0.05, 0.1) is 22.9 Å². The maximum absolute atomic E-state index is 12.2. The summed E-state index contributed by atoms with van der Waals surface area (Å²) < 4.78 is 5.52. The normalized spacial score (nSPS) is 24.2. The maximum Gasteiger partial charge on any atom is 0.229 e. The Morgan fingerprint density at radius 3 is 2.96 bits per heavy atom. The second kappa shape index (κ2) is 7.32. The van der Waals surface area contributed by atoms with Gasteiger partial charge < -0.3 is 15.0 Å². The van der Waals surface area contributed by atoms with Gasteiger partial charge in [-0.05, 0) is 31.4 Å². The molecule has 0 aliphatic carbocycles. The quantitative estimate of drug-likeness (QED) is 0.898. The molecular weight excluding hydrogens is 316 g/mol. The van der Waals surface area contributed by atoms with E-state index in [0.29, 0.717) is 30.1 Å². The molecule has 0 bridgehead atoms. The summed E-state index contributed by atoms with van der Waals surface area (Å²) in [6.45, 7) is 1.27. The van der Waals surface area contributed by atoms with Crippen LogP contribution in [0, 0.1) is 0 Å². The van der Waals surface area contributed by atoms with Crippen LogP contribution in [0.3, 0.4) is 0 Å². The number of amides is 2. The first-order valence-electron chi connectivity index (χ1n) is 8.09. The summed E-state index contributed by atoms with van der Waals surface area (Å²) >= 11 is 6.15. The molecule has 0 aromatic heterocycles. The van der Waals surface area contributed by atoms with Gasteiger partial charge in [-0.15, -0.1) is 0 Å². The van der Waals surface area contributed by atoms with Crippen LogP contribution in [0.2, 0.25) is 5.02 Å². The number of nitrogens with zero attached hydrogens (tertiary/aromatic N) is 1. The third-order valence-electron chi connectivity index (χ3n) is 4.35. The summed E-state index contributed by atoms with van der Waals surface area (Å²) in [5, 5.41) is 3.50. The Labute approximate surface area is 140 Å². The summed E-state index contributed by atoms with van der Waals surface area (Å²) in [5.41, 5.74) is 0.704. The SMILES string of the molecule is O=C(CC[C@H]1CCCO1)N[C@@H]1CC(=O)N(c2ccccc2Cl)C1. The van der Waals surface area contributed by atoms with E-state index in [1.54, 1.807) is 11.0 Å². The number of ether oxygens (including phenoxy) is 1. The van der Waals surface area contributed by atoms with E-state index in [4.69, 9.17) is 16.3 Å². The molecule has 6 heteroatoms. The average molecular weight is 337 g/mol. The summed E-state index contributed by atoms with van der Waals surface area (Å²) in [7, 11) is 0. The molecule has 23 heavy (non-hydrogen) atoms. The molecule has 1 N–H and O–H groups in total. The van der Waals surface area contributed by atoms with E-state index >= 15 is 0 Å². The number of carbonyl (C=O) groups is 2. The zero-order valence-electron chi connectivity index (χ0n) is 13.0. The van der Waals surface area contributed by atoms with E-state index in [-0.39, 0.29) is 24.0 Å². The molecule has 2 atom stereocenters. The van der Waals surface area contributed by atoms with Crippen molar-refractivity contribution in [2.45, 2.75) is 44.2 Å². The second-order valence-electron chi connectivity index (χ2n) is 6.10. The van der Waals surface area contributed by atoms with E-state index in [1.165, 1.54) is 0 Å². The molecule has 3 rings (SSSR count). The number of hydrogen-bond donors (Lipinski definition) is 1. The monoisotopic (exact) mass is 336 g/mol. The van der Waals surface area contributed by atoms with Crippen LogP contribution in [-0.2, 0) is 14.3 Å². The number of anilines is 1. The summed E-state index contributed by atoms with van der Waals surface area (Å²) in [4.78, 5) is 25.9. The van der Waals surface area contributed by atoms with Crippen molar-refractivity contribution in [1.29, 1.82) is 0 Å². The molecule has 0 spiro atoms. The lowest BCUT2D eigenvalue weighted by molar-refractivity contribution is -0.122. The fourth-order valence-electron chi connectivity index (χ4n) is 3.17. The molecule has 1 aromatic rings. The standard InChI is InChI=1S/C17H21ClN2O3/c18-14-5-1-2-6-15(14)20-11-12(10-17(20)22)19-16(21)8-7-13-4-3-9-23-13/h1-2,5-6,12-13H,3-4,7-11H2,(H,19,21)/t12-,13-/m1/s1. The van der Waals surface area contributed by atoms with Gasteiger partial charge in [0.1, 0.15) is 0 Å². The summed E-state index contributed by atoms with van der Waals surface area (Å²) in [6, 6.07) is 7.11. The number of halogens is 1. The summed E-state index contributed by atoms with van der Waals surface area (Å²) in [6.07, 6.45) is 3.84. The van der Waals surface area contributed by atoms with Crippen LogP contribution in [0.4, 0.5) is 5.69 Å². The van der Waals surface area contributed by atoms with Gasteiger partial charge in [-0.2, -0.15) is 0 Å². The van der Waals surface area contributed by atoms with Gasteiger partial charge in [0.2, 0.25) is 11.8 Å². The van der Waals surface area contributed by atoms with Crippen molar-refractivity contribution >= 4 is 29.1 Å². The van der Waals surface area contributed by atoms with E-state index < -0.39 is 0 Å². The van der Waals surface area contributed by atoms with E-state index in [2.05, 4.69) is 5.32 Å². The zero-order chi connectivity index (χ0) is 16.2. The van der Waals surface area contributed by atoms with Crippen LogP contribution in [-0.4, -0.2) is 37.1 Å². The van der Waals surface area contributed by atoms with Crippen LogP contribution in [0.1, 0.15) is 32.1 Å². The van der Waals surface area contributed by atoms with Crippen molar-refractivity contribution < 1.29 is 14.3 Å². The number of nitrogens with one attached hydrogen (secondary N) is 1. The first-order chi connectivity index (χ1) is 11.1. The van der Waals surface area contributed by atoms with Gasteiger partial charge in [0.25, 0.3) is 0 Å². The second-order valence-corrected chi connectivity index (χ2v) is 6.51. The smallest absolute Gasteiger partial charge is 0.229 e. The Hall–Kier alpha value is -1.59. The molecule has 2 amide bonds. The number of rotatable bonds is 5. The lowest BCUT2D eigenvalue weighted by Crippen LogP contribution is -2.37. The van der Waals surface area contributed by atoms with E-state index in [1.807, 2.05) is 18.2 Å². The molecule has 2 saturated heterocycles. The molecule has 2 heterocycles. The first-order valence-corrected chi connectivity index (χ1v) is 8.47. The highest BCUT2D eigenvalue weighted by Crippen LogP contribution is 2.29. The van der Waals surface area contributed by atoms with Crippen LogP contribution >= 0.6 is 11.6 Å². The topological polar surface area (TPSA) is 58.6 Å². The van der Waals surface area contributed by atoms with Gasteiger partial charge in [0, 0.05) is 26.0 Å². The van der Waals surface area contributed by atoms with Gasteiger partial charge in [-0.25, -0.2) is 0 Å². The highest BCUT2D eigenvalue weighted by Gasteiger charge is 2.32. The molecule has 124 valence electrons. The molecule has 0 radical (unpaired) electrons. The fraction of sp³-hybridized carbons (Fsp3) is 0.529. The first kappa shape index (κ1) is 16.3. The predicted octanol–water partition coefficient (Wildman–Crippen LogP) is 2.52. The number of hydrogen-bond acceptors (Lipinski definition) is 3. The van der Waals surface area contributed by atoms with Crippen molar-refractivity contribution in [1.82, 2.24) is 5.32 Å². The lowest BCUT2D eigenvalue weighted by Gasteiger charge is -2.18. The molecular formula is C17H21ClN2O3. The third kappa shape index (κ3) is 4.03. The van der Waals surface area contributed by atoms with Crippen LogP contribution in [0.15, 0.2) is 24.3 Å². The number of carbonyl (C=O) groups excluding carboxylic acids is 2. The van der Waals surface area contributed by atoms with Crippen LogP contribution in [0.5, 0.6) is 0 Å². The van der Waals surface area contributed by atoms with Gasteiger partial charge in [-0.3, -0.25) is 9.59 Å². The van der Waals surface area contributed by atoms with E-state index in [9.17, 15) is 9.59 Å². The van der Waals surface area contributed by atoms with E-state index in [0.717, 1.165) is 25.9 Å². The third-order valence-corrected chi connectivity index (χ3v) is 4.67. The van der Waals surface area contributed by atoms with Gasteiger partial charge in [0.15, 0.2) is 0 Å². The van der Waals surface area contributed by atoms with Crippen molar-refractivity contribution in [3.05, 3.63) is 29.3 Å². The Balaban J connectivity index is 1.51. The summed E-state index contributed by atoms with van der Waals surface area (Å²) in [5.74, 6) is -0.0261. The number of para-hydroxylation sites is 1. The molecule has 5 nitrogen and oxygen atoms in total. The van der Waals surface area contributed by atoms with Crippen molar-refractivity contribution in [2.75, 3.05) is 18.1 Å². The minimum Gasteiger partial charge on any atom is -0.378 e. The molecule has 2 aliphatic rings. The Kier molecular flexibility index (Phi) is 5.18. The molecule has 0 unspecified atom stereocenters. The fourth-order valence-corrected chi connectivity index (χ4v) is 3.41. The Bertz CT molecular complexity index is 587. The lowest BCUT2D eigenvalue weighted by atomic mass is 10.1. The van der Waals surface area contributed by atoms with Crippen molar-refractivity contribution in [3.63, 3.8) is 0 Å². The van der Waals surface area contributed by atoms with Crippen molar-refractivity contribution in [2.24, 2.45) is 0 Å². The van der Waals surface area contributed by atoms with Crippen molar-refractivity contribution in [3.8, 4) is 0 Å². The van der Waals surface area contributed by atoms with Gasteiger partial charge >= 0.3 is 0 Å². The van der Waals surface area contributed by atoms with Crippen LogP contribution in [0.25, 0.3) is 0 Å². The Morgan fingerprint density at radius 2 is 2.22 bits per heavy atom. The molecule has 2 fully saturated rings. The zero-order valence-corrected chi connectivity index (χ0v) is 13.7. The highest BCUT2D eigenvalue weighted by atomic mass is 35.5. The highest BCUT2D eigenvalue weighted by molar-refractivity contribution is 6.33.